The Labute approximate surface area is 109 Å². The number of aldehydes is 1. The first-order valence-electron chi connectivity index (χ1n) is 5.27. The maximum atomic E-state index is 10.5. The normalized spacial score (nSPS) is 10.6. The van der Waals surface area contributed by atoms with Gasteiger partial charge in [-0.05, 0) is 23.3 Å². The van der Waals surface area contributed by atoms with Crippen LogP contribution in [0.15, 0.2) is 53.0 Å². The highest BCUT2D eigenvalue weighted by Gasteiger charge is 1.90. The first-order valence-corrected chi connectivity index (χ1v) is 6.06. The van der Waals surface area contributed by atoms with Crippen LogP contribution >= 0.6 is 15.9 Å². The monoisotopic (exact) mass is 286 g/mol. The summed E-state index contributed by atoms with van der Waals surface area (Å²) in [5.74, 6) is 0. The van der Waals surface area contributed by atoms with Crippen LogP contribution in [0.25, 0.3) is 12.2 Å². The van der Waals surface area contributed by atoms with Crippen LogP contribution in [0.2, 0.25) is 0 Å². The molecule has 0 aromatic heterocycles. The molecule has 0 N–H and O–H groups in total. The summed E-state index contributed by atoms with van der Waals surface area (Å²) >= 11 is 3.40. The topological polar surface area (TPSA) is 17.1 Å². The standard InChI is InChI=1S/C15H11BrO/c16-15-9-7-13(8-10-15)2-1-12-3-5-14(11-17)6-4-12/h1-11H/b2-1+. The number of halogens is 1. The fraction of sp³-hybridized carbons (Fsp3) is 0. The minimum atomic E-state index is 0.700. The molecule has 2 aromatic carbocycles. The van der Waals surface area contributed by atoms with Crippen molar-refractivity contribution in [1.82, 2.24) is 0 Å². The van der Waals surface area contributed by atoms with Crippen LogP contribution in [0, 0.1) is 0 Å². The zero-order valence-corrected chi connectivity index (χ0v) is 10.7. The van der Waals surface area contributed by atoms with Crippen LogP contribution < -0.4 is 0 Å². The number of hydrogen-bond acceptors (Lipinski definition) is 1. The van der Waals surface area contributed by atoms with E-state index >= 15 is 0 Å². The summed E-state index contributed by atoms with van der Waals surface area (Å²) in [6, 6.07) is 15.6. The molecule has 0 saturated carbocycles. The number of hydrogen-bond donors (Lipinski definition) is 0. The molecule has 0 unspecified atom stereocenters. The lowest BCUT2D eigenvalue weighted by Gasteiger charge is -1.96. The fourth-order valence-electron chi connectivity index (χ4n) is 1.45. The Hall–Kier alpha value is -1.67. The van der Waals surface area contributed by atoms with Crippen molar-refractivity contribution in [2.24, 2.45) is 0 Å². The number of carbonyl (C=O) groups is 1. The van der Waals surface area contributed by atoms with Crippen LogP contribution in [0.1, 0.15) is 21.5 Å². The van der Waals surface area contributed by atoms with Crippen molar-refractivity contribution in [3.8, 4) is 0 Å². The van der Waals surface area contributed by atoms with E-state index in [-0.39, 0.29) is 0 Å². The van der Waals surface area contributed by atoms with E-state index in [4.69, 9.17) is 0 Å². The van der Waals surface area contributed by atoms with Crippen LogP contribution in [0.3, 0.4) is 0 Å². The van der Waals surface area contributed by atoms with E-state index in [2.05, 4.69) is 15.9 Å². The molecule has 1 nitrogen and oxygen atoms in total. The molecule has 0 fully saturated rings. The highest BCUT2D eigenvalue weighted by molar-refractivity contribution is 9.10. The van der Waals surface area contributed by atoms with Gasteiger partial charge in [0.15, 0.2) is 0 Å². The summed E-state index contributed by atoms with van der Waals surface area (Å²) in [7, 11) is 0. The van der Waals surface area contributed by atoms with Crippen molar-refractivity contribution in [1.29, 1.82) is 0 Å². The lowest BCUT2D eigenvalue weighted by atomic mass is 10.1. The van der Waals surface area contributed by atoms with E-state index in [0.717, 1.165) is 21.9 Å². The van der Waals surface area contributed by atoms with Crippen molar-refractivity contribution < 1.29 is 4.79 Å². The third-order valence-corrected chi connectivity index (χ3v) is 2.94. The Kier molecular flexibility index (Phi) is 3.89. The highest BCUT2D eigenvalue weighted by atomic mass is 79.9. The maximum absolute atomic E-state index is 10.5. The van der Waals surface area contributed by atoms with E-state index in [0.29, 0.717) is 5.56 Å². The SMILES string of the molecule is O=Cc1ccc(/C=C/c2ccc(Br)cc2)cc1. The van der Waals surface area contributed by atoms with Crippen molar-refractivity contribution in [2.45, 2.75) is 0 Å². The molecular weight excluding hydrogens is 276 g/mol. The van der Waals surface area contributed by atoms with Crippen molar-refractivity contribution in [3.63, 3.8) is 0 Å². The predicted molar refractivity (Wildman–Crippen MR) is 74.9 cm³/mol. The number of rotatable bonds is 3. The second-order valence-electron chi connectivity index (χ2n) is 3.67. The van der Waals surface area contributed by atoms with Crippen molar-refractivity contribution in [2.75, 3.05) is 0 Å². The van der Waals surface area contributed by atoms with Crippen molar-refractivity contribution >= 4 is 34.4 Å². The Morgan fingerprint density at radius 1 is 0.706 bits per heavy atom. The van der Waals surface area contributed by atoms with Crippen molar-refractivity contribution in [3.05, 3.63) is 69.7 Å². The lowest BCUT2D eigenvalue weighted by Crippen LogP contribution is -1.78. The third-order valence-electron chi connectivity index (χ3n) is 2.41. The summed E-state index contributed by atoms with van der Waals surface area (Å²) < 4.78 is 1.07. The fourth-order valence-corrected chi connectivity index (χ4v) is 1.72. The first kappa shape index (κ1) is 11.8. The van der Waals surface area contributed by atoms with Gasteiger partial charge in [0.05, 0.1) is 0 Å². The Morgan fingerprint density at radius 3 is 1.59 bits per heavy atom. The van der Waals surface area contributed by atoms with Gasteiger partial charge in [-0.3, -0.25) is 4.79 Å². The Bertz CT molecular complexity index is 524. The summed E-state index contributed by atoms with van der Waals surface area (Å²) in [4.78, 5) is 10.5. The molecule has 2 rings (SSSR count). The molecule has 0 atom stereocenters. The lowest BCUT2D eigenvalue weighted by molar-refractivity contribution is 0.112. The zero-order valence-electron chi connectivity index (χ0n) is 9.14. The van der Waals surface area contributed by atoms with E-state index < -0.39 is 0 Å². The summed E-state index contributed by atoms with van der Waals surface area (Å²) in [5, 5.41) is 0. The average Bonchev–Trinajstić information content (AvgIpc) is 2.39. The Morgan fingerprint density at radius 2 is 1.12 bits per heavy atom. The highest BCUT2D eigenvalue weighted by Crippen LogP contribution is 2.13. The second-order valence-corrected chi connectivity index (χ2v) is 4.59. The van der Waals surface area contributed by atoms with Crippen LogP contribution in [0.5, 0.6) is 0 Å². The van der Waals surface area contributed by atoms with E-state index in [9.17, 15) is 4.79 Å². The van der Waals surface area contributed by atoms with Gasteiger partial charge >= 0.3 is 0 Å². The summed E-state index contributed by atoms with van der Waals surface area (Å²) in [6.45, 7) is 0. The van der Waals surface area contributed by atoms with Gasteiger partial charge in [-0.2, -0.15) is 0 Å². The van der Waals surface area contributed by atoms with Crippen LogP contribution in [0.4, 0.5) is 0 Å². The molecule has 0 aliphatic heterocycles. The maximum Gasteiger partial charge on any atom is 0.150 e. The molecule has 0 amide bonds. The summed E-state index contributed by atoms with van der Waals surface area (Å²) in [5.41, 5.74) is 2.93. The molecule has 0 heterocycles. The van der Waals surface area contributed by atoms with E-state index in [1.165, 1.54) is 0 Å². The van der Waals surface area contributed by atoms with Gasteiger partial charge in [0, 0.05) is 10.0 Å². The van der Waals surface area contributed by atoms with Gasteiger partial charge in [0.1, 0.15) is 6.29 Å². The van der Waals surface area contributed by atoms with Crippen LogP contribution in [-0.2, 0) is 0 Å². The van der Waals surface area contributed by atoms with Gasteiger partial charge in [0.25, 0.3) is 0 Å². The minimum absolute atomic E-state index is 0.700. The minimum Gasteiger partial charge on any atom is -0.298 e. The molecule has 0 saturated heterocycles. The molecule has 0 aliphatic rings. The number of benzene rings is 2. The second kappa shape index (κ2) is 5.60. The largest absolute Gasteiger partial charge is 0.298 e. The average molecular weight is 287 g/mol. The molecule has 0 bridgehead atoms. The van der Waals surface area contributed by atoms with Gasteiger partial charge in [-0.1, -0.05) is 64.5 Å². The van der Waals surface area contributed by atoms with Gasteiger partial charge in [-0.15, -0.1) is 0 Å². The molecule has 17 heavy (non-hydrogen) atoms. The molecular formula is C15H11BrO. The smallest absolute Gasteiger partial charge is 0.150 e. The van der Waals surface area contributed by atoms with E-state index in [1.54, 1.807) is 0 Å². The van der Waals surface area contributed by atoms with E-state index in [1.807, 2.05) is 60.7 Å². The molecule has 2 aromatic rings. The number of carbonyl (C=O) groups excluding carboxylic acids is 1. The zero-order chi connectivity index (χ0) is 12.1. The van der Waals surface area contributed by atoms with Gasteiger partial charge < -0.3 is 0 Å². The third kappa shape index (κ3) is 3.40. The predicted octanol–water partition coefficient (Wildman–Crippen LogP) is 4.43. The molecule has 84 valence electrons. The summed E-state index contributed by atoms with van der Waals surface area (Å²) in [6.07, 6.45) is 4.92. The molecule has 0 aliphatic carbocycles. The van der Waals surface area contributed by atoms with Crippen LogP contribution in [-0.4, -0.2) is 6.29 Å². The quantitative estimate of drug-likeness (QED) is 0.603. The molecule has 0 radical (unpaired) electrons. The molecule has 0 spiro atoms. The van der Waals surface area contributed by atoms with Gasteiger partial charge in [0.2, 0.25) is 0 Å². The molecule has 2 heteroatoms. The van der Waals surface area contributed by atoms with Gasteiger partial charge in [-0.25, -0.2) is 0 Å². The Balaban J connectivity index is 2.14. The first-order chi connectivity index (χ1) is 8.28.